The number of likely N-dealkylation sites (tertiary alicyclic amines) is 1. The van der Waals surface area contributed by atoms with Gasteiger partial charge in [0.2, 0.25) is 11.8 Å². The zero-order valence-electron chi connectivity index (χ0n) is 16.5. The van der Waals surface area contributed by atoms with Gasteiger partial charge in [-0.2, -0.15) is 0 Å². The molecule has 1 aromatic carbocycles. The summed E-state index contributed by atoms with van der Waals surface area (Å²) < 4.78 is 0. The van der Waals surface area contributed by atoms with E-state index in [1.54, 1.807) is 12.1 Å². The number of nitrogens with zero attached hydrogens (tertiary/aromatic N) is 2. The van der Waals surface area contributed by atoms with Gasteiger partial charge in [0.1, 0.15) is 6.04 Å². The van der Waals surface area contributed by atoms with E-state index < -0.39 is 23.8 Å². The molecule has 0 aromatic heterocycles. The molecule has 3 heterocycles. The molecule has 8 nitrogen and oxygen atoms in total. The molecular formula is C21H26N4O4. The van der Waals surface area contributed by atoms with Gasteiger partial charge in [0.15, 0.2) is 0 Å². The summed E-state index contributed by atoms with van der Waals surface area (Å²) in [7, 11) is 0. The minimum absolute atomic E-state index is 0.116. The molecule has 154 valence electrons. The average molecular weight is 398 g/mol. The summed E-state index contributed by atoms with van der Waals surface area (Å²) in [5.41, 5.74) is 7.25. The number of amides is 4. The van der Waals surface area contributed by atoms with Gasteiger partial charge >= 0.3 is 0 Å². The fraction of sp³-hybridized carbons (Fsp3) is 0.524. The van der Waals surface area contributed by atoms with Gasteiger partial charge in [-0.1, -0.05) is 19.1 Å². The Hall–Kier alpha value is -2.58. The van der Waals surface area contributed by atoms with Crippen molar-refractivity contribution in [3.8, 4) is 0 Å². The van der Waals surface area contributed by atoms with Gasteiger partial charge in [0, 0.05) is 26.1 Å². The molecule has 0 bridgehead atoms. The molecule has 0 saturated carbocycles. The summed E-state index contributed by atoms with van der Waals surface area (Å²) in [6.07, 6.45) is 1.26. The van der Waals surface area contributed by atoms with Crippen molar-refractivity contribution in [2.24, 2.45) is 17.6 Å². The second kappa shape index (κ2) is 7.68. The Labute approximate surface area is 169 Å². The Morgan fingerprint density at radius 1 is 1.14 bits per heavy atom. The van der Waals surface area contributed by atoms with E-state index in [1.165, 1.54) is 0 Å². The van der Waals surface area contributed by atoms with Crippen LogP contribution in [0.15, 0.2) is 18.2 Å². The fourth-order valence-electron chi connectivity index (χ4n) is 4.82. The lowest BCUT2D eigenvalue weighted by Crippen LogP contribution is -2.54. The van der Waals surface area contributed by atoms with Crippen molar-refractivity contribution in [1.29, 1.82) is 0 Å². The van der Waals surface area contributed by atoms with Crippen molar-refractivity contribution in [2.45, 2.75) is 38.8 Å². The van der Waals surface area contributed by atoms with Crippen LogP contribution < -0.4 is 11.1 Å². The topological polar surface area (TPSA) is 113 Å². The third kappa shape index (κ3) is 3.47. The van der Waals surface area contributed by atoms with Gasteiger partial charge in [0.05, 0.1) is 11.1 Å². The number of carbonyl (C=O) groups excluding carboxylic acids is 4. The maximum Gasteiger partial charge on any atom is 0.262 e. The van der Waals surface area contributed by atoms with Crippen molar-refractivity contribution in [2.75, 3.05) is 19.6 Å². The molecule has 3 aliphatic rings. The van der Waals surface area contributed by atoms with Crippen LogP contribution in [-0.2, 0) is 16.1 Å². The maximum atomic E-state index is 13.2. The molecule has 4 rings (SSSR count). The molecule has 3 aliphatic heterocycles. The number of benzene rings is 1. The van der Waals surface area contributed by atoms with Crippen LogP contribution in [0, 0.1) is 11.8 Å². The highest BCUT2D eigenvalue weighted by Gasteiger charge is 2.45. The number of hydrogen-bond acceptors (Lipinski definition) is 6. The Balaban J connectivity index is 1.57. The summed E-state index contributed by atoms with van der Waals surface area (Å²) in [6, 6.07) is 4.35. The van der Waals surface area contributed by atoms with E-state index in [1.807, 2.05) is 6.07 Å². The van der Waals surface area contributed by atoms with Gasteiger partial charge < -0.3 is 5.73 Å². The number of nitrogens with two attached hydrogens (primary N) is 1. The summed E-state index contributed by atoms with van der Waals surface area (Å²) in [5, 5.41) is 2.23. The molecule has 0 spiro atoms. The predicted molar refractivity (Wildman–Crippen MR) is 105 cm³/mol. The van der Waals surface area contributed by atoms with Crippen LogP contribution in [0.25, 0.3) is 0 Å². The quantitative estimate of drug-likeness (QED) is 0.699. The summed E-state index contributed by atoms with van der Waals surface area (Å²) >= 11 is 0. The second-order valence-electron chi connectivity index (χ2n) is 8.30. The van der Waals surface area contributed by atoms with Crippen LogP contribution >= 0.6 is 0 Å². The zero-order valence-corrected chi connectivity index (χ0v) is 16.5. The summed E-state index contributed by atoms with van der Waals surface area (Å²) in [6.45, 7) is 5.30. The van der Waals surface area contributed by atoms with Gasteiger partial charge in [-0.25, -0.2) is 0 Å². The van der Waals surface area contributed by atoms with Crippen LogP contribution in [0.4, 0.5) is 0 Å². The molecule has 8 heteroatoms. The first-order valence-electron chi connectivity index (χ1n) is 10.2. The largest absolute Gasteiger partial charge is 0.330 e. The molecule has 0 radical (unpaired) electrons. The lowest BCUT2D eigenvalue weighted by atomic mass is 9.95. The van der Waals surface area contributed by atoms with Gasteiger partial charge in [-0.05, 0) is 42.9 Å². The van der Waals surface area contributed by atoms with Crippen LogP contribution in [0.1, 0.15) is 52.5 Å². The number of rotatable bonds is 5. The maximum absolute atomic E-state index is 13.2. The van der Waals surface area contributed by atoms with E-state index >= 15 is 0 Å². The highest BCUT2D eigenvalue weighted by Crippen LogP contribution is 2.32. The number of fused-ring (bicyclic) bond motifs is 1. The monoisotopic (exact) mass is 398 g/mol. The minimum atomic E-state index is -0.936. The fourth-order valence-corrected chi connectivity index (χ4v) is 4.82. The van der Waals surface area contributed by atoms with Crippen LogP contribution in [0.5, 0.6) is 0 Å². The molecule has 2 fully saturated rings. The smallest absolute Gasteiger partial charge is 0.262 e. The predicted octanol–water partition coefficient (Wildman–Crippen LogP) is 0.505. The summed E-state index contributed by atoms with van der Waals surface area (Å²) in [4.78, 5) is 53.1. The highest BCUT2D eigenvalue weighted by atomic mass is 16.2. The first-order chi connectivity index (χ1) is 13.9. The van der Waals surface area contributed by atoms with Crippen LogP contribution in [0.3, 0.4) is 0 Å². The average Bonchev–Trinajstić information content (AvgIpc) is 3.14. The number of hydrogen-bond donors (Lipinski definition) is 2. The van der Waals surface area contributed by atoms with E-state index in [9.17, 15) is 19.2 Å². The van der Waals surface area contributed by atoms with Gasteiger partial charge in [0.25, 0.3) is 11.8 Å². The first kappa shape index (κ1) is 19.7. The van der Waals surface area contributed by atoms with Gasteiger partial charge in [-0.15, -0.1) is 0 Å². The number of nitrogens with one attached hydrogen (secondary N) is 1. The Bertz CT molecular complexity index is 883. The first-order valence-corrected chi connectivity index (χ1v) is 10.2. The minimum Gasteiger partial charge on any atom is -0.330 e. The standard InChI is InChI=1S/C21H26N4O4/c1-12-9-24(10-13(12)7-8-22)11-14-3-2-4-15-18(14)21(29)25(20(15)28)16-5-6-17(26)23-19(16)27/h2-4,12-13,16H,5-11,22H2,1H3,(H,23,26,27)/t12-,13-,16?/m1/s1. The Kier molecular flexibility index (Phi) is 5.23. The van der Waals surface area contributed by atoms with E-state index in [2.05, 4.69) is 17.1 Å². The normalized spacial score (nSPS) is 27.5. The number of piperidine rings is 1. The van der Waals surface area contributed by atoms with Crippen molar-refractivity contribution in [1.82, 2.24) is 15.1 Å². The molecule has 2 saturated heterocycles. The van der Waals surface area contributed by atoms with E-state index in [4.69, 9.17) is 5.73 Å². The zero-order chi connectivity index (χ0) is 20.7. The van der Waals surface area contributed by atoms with Crippen molar-refractivity contribution < 1.29 is 19.2 Å². The third-order valence-corrected chi connectivity index (χ3v) is 6.33. The van der Waals surface area contributed by atoms with Crippen molar-refractivity contribution >= 4 is 23.6 Å². The van der Waals surface area contributed by atoms with Crippen molar-refractivity contribution in [3.05, 3.63) is 34.9 Å². The second-order valence-corrected chi connectivity index (χ2v) is 8.30. The molecule has 4 amide bonds. The number of carbonyl (C=O) groups is 4. The van der Waals surface area contributed by atoms with Crippen LogP contribution in [-0.4, -0.2) is 59.1 Å². The lowest BCUT2D eigenvalue weighted by molar-refractivity contribution is -0.136. The molecule has 3 atom stereocenters. The van der Waals surface area contributed by atoms with Crippen LogP contribution in [0.2, 0.25) is 0 Å². The van der Waals surface area contributed by atoms with Gasteiger partial charge in [-0.3, -0.25) is 34.3 Å². The molecular weight excluding hydrogens is 372 g/mol. The lowest BCUT2D eigenvalue weighted by Gasteiger charge is -2.28. The molecule has 0 aliphatic carbocycles. The number of imide groups is 2. The Morgan fingerprint density at radius 2 is 1.93 bits per heavy atom. The Morgan fingerprint density at radius 3 is 2.66 bits per heavy atom. The molecule has 29 heavy (non-hydrogen) atoms. The molecule has 1 aromatic rings. The highest BCUT2D eigenvalue weighted by molar-refractivity contribution is 6.24. The van der Waals surface area contributed by atoms with E-state index in [-0.39, 0.29) is 18.7 Å². The third-order valence-electron chi connectivity index (χ3n) is 6.33. The SMILES string of the molecule is C[C@@H]1CN(Cc2cccc3c2C(=O)N(C2CCC(=O)NC2=O)C3=O)C[C@H]1CCN. The summed E-state index contributed by atoms with van der Waals surface area (Å²) in [5.74, 6) is -0.797. The van der Waals surface area contributed by atoms with E-state index in [0.29, 0.717) is 36.1 Å². The molecule has 3 N–H and O–H groups in total. The molecule has 1 unspecified atom stereocenters. The van der Waals surface area contributed by atoms with Crippen molar-refractivity contribution in [3.63, 3.8) is 0 Å². The van der Waals surface area contributed by atoms with E-state index in [0.717, 1.165) is 30.0 Å².